The molecule has 0 aliphatic carbocycles. The Hall–Kier alpha value is -2.11. The van der Waals surface area contributed by atoms with Crippen LogP contribution in [0.1, 0.15) is 412 Å². The summed E-state index contributed by atoms with van der Waals surface area (Å²) >= 11 is 0. The Kier molecular flexibility index (Phi) is 67.6. The first-order chi connectivity index (χ1) is 39.5. The Labute approximate surface area is 500 Å². The van der Waals surface area contributed by atoms with E-state index in [4.69, 9.17) is 14.2 Å². The molecule has 0 saturated heterocycles. The molecule has 0 aromatic heterocycles. The van der Waals surface area contributed by atoms with E-state index in [-0.39, 0.29) is 31.1 Å². The molecule has 0 rings (SSSR count). The van der Waals surface area contributed by atoms with Crippen molar-refractivity contribution in [3.63, 3.8) is 0 Å². The lowest BCUT2D eigenvalue weighted by Crippen LogP contribution is -2.30. The Morgan fingerprint density at radius 3 is 0.637 bits per heavy atom. The van der Waals surface area contributed by atoms with Crippen molar-refractivity contribution in [2.75, 3.05) is 13.2 Å². The third-order valence-corrected chi connectivity index (χ3v) is 16.7. The highest BCUT2D eigenvalue weighted by Crippen LogP contribution is 2.19. The molecule has 1 unspecified atom stereocenters. The van der Waals surface area contributed by atoms with Crippen LogP contribution < -0.4 is 0 Å². The summed E-state index contributed by atoms with van der Waals surface area (Å²) in [6.07, 6.45) is 85.1. The molecule has 0 spiro atoms. The molecule has 80 heavy (non-hydrogen) atoms. The van der Waals surface area contributed by atoms with Crippen LogP contribution in [0.15, 0.2) is 24.3 Å². The average Bonchev–Trinajstić information content (AvgIpc) is 3.46. The Bertz CT molecular complexity index is 1290. The summed E-state index contributed by atoms with van der Waals surface area (Å²) < 4.78 is 17.0. The van der Waals surface area contributed by atoms with Gasteiger partial charge in [-0.1, -0.05) is 347 Å². The summed E-state index contributed by atoms with van der Waals surface area (Å²) in [6, 6.07) is 0. The molecule has 0 aliphatic heterocycles. The molecule has 6 nitrogen and oxygen atoms in total. The van der Waals surface area contributed by atoms with Crippen LogP contribution >= 0.6 is 0 Å². The van der Waals surface area contributed by atoms with Crippen LogP contribution in [-0.2, 0) is 28.6 Å². The summed E-state index contributed by atoms with van der Waals surface area (Å²) in [6.45, 7) is 6.70. The van der Waals surface area contributed by atoms with Crippen molar-refractivity contribution < 1.29 is 28.6 Å². The first-order valence-electron chi connectivity index (χ1n) is 36.3. The molecule has 0 aliphatic rings. The van der Waals surface area contributed by atoms with E-state index in [1.54, 1.807) is 0 Å². The topological polar surface area (TPSA) is 78.9 Å². The number of rotatable bonds is 68. The second-order valence-corrected chi connectivity index (χ2v) is 24.9. The molecular formula is C74H140O6. The van der Waals surface area contributed by atoms with Crippen LogP contribution in [-0.4, -0.2) is 37.2 Å². The van der Waals surface area contributed by atoms with Gasteiger partial charge in [0.15, 0.2) is 6.10 Å². The maximum absolute atomic E-state index is 12.9. The molecule has 0 bridgehead atoms. The van der Waals surface area contributed by atoms with Crippen molar-refractivity contribution in [2.24, 2.45) is 0 Å². The molecule has 0 N–H and O–H groups in total. The minimum atomic E-state index is -0.771. The Balaban J connectivity index is 4.13. The van der Waals surface area contributed by atoms with Crippen molar-refractivity contribution in [1.29, 1.82) is 0 Å². The zero-order valence-corrected chi connectivity index (χ0v) is 54.4. The zero-order valence-electron chi connectivity index (χ0n) is 54.4. The molecule has 0 saturated carbocycles. The van der Waals surface area contributed by atoms with Gasteiger partial charge in [-0.15, -0.1) is 0 Å². The maximum Gasteiger partial charge on any atom is 0.306 e. The van der Waals surface area contributed by atoms with E-state index in [2.05, 4.69) is 45.1 Å². The SMILES string of the molecule is CCCCCC/C=C\CCCCCCCC(=O)OCC(COC(=O)CCCCCCCCCCCCCCCCCCCCC/C=C\CCCCCCCCCC)OC(=O)CCCCCCCCCCCCCCCCCCCC. The predicted molar refractivity (Wildman–Crippen MR) is 349 cm³/mol. The monoisotopic (exact) mass is 1130 g/mol. The molecule has 0 fully saturated rings. The van der Waals surface area contributed by atoms with Gasteiger partial charge in [-0.05, 0) is 70.6 Å². The number of esters is 3. The van der Waals surface area contributed by atoms with Crippen LogP contribution in [0.5, 0.6) is 0 Å². The van der Waals surface area contributed by atoms with Gasteiger partial charge in [0.1, 0.15) is 13.2 Å². The number of ether oxygens (including phenoxy) is 3. The van der Waals surface area contributed by atoms with Crippen LogP contribution in [0.3, 0.4) is 0 Å². The van der Waals surface area contributed by atoms with Crippen LogP contribution in [0.2, 0.25) is 0 Å². The van der Waals surface area contributed by atoms with Gasteiger partial charge in [-0.25, -0.2) is 0 Å². The zero-order chi connectivity index (χ0) is 57.8. The highest BCUT2D eigenvalue weighted by Gasteiger charge is 2.19. The van der Waals surface area contributed by atoms with Crippen LogP contribution in [0, 0.1) is 0 Å². The smallest absolute Gasteiger partial charge is 0.306 e. The lowest BCUT2D eigenvalue weighted by Gasteiger charge is -2.18. The van der Waals surface area contributed by atoms with Crippen LogP contribution in [0.4, 0.5) is 0 Å². The van der Waals surface area contributed by atoms with E-state index in [1.807, 2.05) is 0 Å². The minimum Gasteiger partial charge on any atom is -0.462 e. The van der Waals surface area contributed by atoms with Crippen molar-refractivity contribution in [1.82, 2.24) is 0 Å². The fraction of sp³-hybridized carbons (Fsp3) is 0.905. The summed E-state index contributed by atoms with van der Waals surface area (Å²) in [4.78, 5) is 38.4. The molecule has 0 heterocycles. The second kappa shape index (κ2) is 69.4. The third-order valence-electron chi connectivity index (χ3n) is 16.7. The van der Waals surface area contributed by atoms with E-state index in [0.717, 1.165) is 64.2 Å². The van der Waals surface area contributed by atoms with Gasteiger partial charge in [0, 0.05) is 19.3 Å². The number of carbonyl (C=O) groups excluding carboxylic acids is 3. The quantitative estimate of drug-likeness (QED) is 0.0261. The highest BCUT2D eigenvalue weighted by molar-refractivity contribution is 5.71. The maximum atomic E-state index is 12.9. The highest BCUT2D eigenvalue weighted by atomic mass is 16.6. The van der Waals surface area contributed by atoms with E-state index in [0.29, 0.717) is 19.3 Å². The molecule has 0 amide bonds. The fourth-order valence-electron chi connectivity index (χ4n) is 11.2. The molecule has 0 radical (unpaired) electrons. The van der Waals surface area contributed by atoms with Crippen molar-refractivity contribution >= 4 is 17.9 Å². The van der Waals surface area contributed by atoms with Gasteiger partial charge >= 0.3 is 17.9 Å². The molecule has 0 aromatic rings. The summed E-state index contributed by atoms with van der Waals surface area (Å²) in [5, 5.41) is 0. The minimum absolute atomic E-state index is 0.0672. The number of allylic oxidation sites excluding steroid dienone is 4. The molecule has 0 aromatic carbocycles. The average molecular weight is 1130 g/mol. The van der Waals surface area contributed by atoms with Gasteiger partial charge in [0.2, 0.25) is 0 Å². The lowest BCUT2D eigenvalue weighted by atomic mass is 10.0. The van der Waals surface area contributed by atoms with Gasteiger partial charge in [-0.2, -0.15) is 0 Å². The molecular weight excluding hydrogens is 985 g/mol. The van der Waals surface area contributed by atoms with E-state index >= 15 is 0 Å². The first-order valence-corrected chi connectivity index (χ1v) is 36.3. The van der Waals surface area contributed by atoms with E-state index in [9.17, 15) is 14.4 Å². The summed E-state index contributed by atoms with van der Waals surface area (Å²) in [5.74, 6) is -0.844. The number of carbonyl (C=O) groups is 3. The first kappa shape index (κ1) is 77.9. The van der Waals surface area contributed by atoms with Gasteiger partial charge in [-0.3, -0.25) is 14.4 Å². The number of hydrogen-bond acceptors (Lipinski definition) is 6. The second-order valence-electron chi connectivity index (χ2n) is 24.9. The van der Waals surface area contributed by atoms with Gasteiger partial charge in [0.05, 0.1) is 0 Å². The van der Waals surface area contributed by atoms with Crippen molar-refractivity contribution in [2.45, 2.75) is 419 Å². The fourth-order valence-corrected chi connectivity index (χ4v) is 11.2. The largest absolute Gasteiger partial charge is 0.462 e. The Morgan fingerprint density at radius 1 is 0.237 bits per heavy atom. The standard InChI is InChI=1S/C74H140O6/c1-4-7-10-13-16-19-22-25-27-29-31-32-33-34-35-36-37-38-39-40-41-42-43-45-46-49-52-55-58-61-64-67-73(76)79-70-71(69-78-72(75)66-63-60-57-54-51-48-24-21-18-15-12-9-6-3)80-74(77)68-65-62-59-56-53-50-47-44-30-28-26-23-20-17-14-11-8-5-2/h21,24,29,31,71H,4-20,22-23,25-28,30,32-70H2,1-3H3/b24-21-,31-29-. The third kappa shape index (κ3) is 66.7. The number of unbranched alkanes of at least 4 members (excludes halogenated alkanes) is 53. The normalized spacial score (nSPS) is 12.1. The van der Waals surface area contributed by atoms with Crippen LogP contribution in [0.25, 0.3) is 0 Å². The van der Waals surface area contributed by atoms with Gasteiger partial charge < -0.3 is 14.2 Å². The number of hydrogen-bond donors (Lipinski definition) is 0. The summed E-state index contributed by atoms with van der Waals surface area (Å²) in [5.41, 5.74) is 0. The lowest BCUT2D eigenvalue weighted by molar-refractivity contribution is -0.167. The van der Waals surface area contributed by atoms with Gasteiger partial charge in [0.25, 0.3) is 0 Å². The Morgan fingerprint density at radius 2 is 0.412 bits per heavy atom. The molecule has 472 valence electrons. The summed E-state index contributed by atoms with van der Waals surface area (Å²) in [7, 11) is 0. The van der Waals surface area contributed by atoms with E-state index in [1.165, 1.54) is 308 Å². The van der Waals surface area contributed by atoms with Crippen molar-refractivity contribution in [3.8, 4) is 0 Å². The predicted octanol–water partition coefficient (Wildman–Crippen LogP) is 25.0. The molecule has 1 atom stereocenters. The molecule has 6 heteroatoms. The van der Waals surface area contributed by atoms with E-state index < -0.39 is 6.10 Å². The van der Waals surface area contributed by atoms with Crippen molar-refractivity contribution in [3.05, 3.63) is 24.3 Å².